The van der Waals surface area contributed by atoms with Crippen LogP contribution in [0.25, 0.3) is 0 Å². The molecule has 0 amide bonds. The quantitative estimate of drug-likeness (QED) is 0.730. The highest BCUT2D eigenvalue weighted by molar-refractivity contribution is 5.70. The van der Waals surface area contributed by atoms with Gasteiger partial charge in [-0.2, -0.15) is 0 Å². The fourth-order valence-electron chi connectivity index (χ4n) is 2.80. The summed E-state index contributed by atoms with van der Waals surface area (Å²) >= 11 is 0. The summed E-state index contributed by atoms with van der Waals surface area (Å²) in [6.45, 7) is 4.55. The van der Waals surface area contributed by atoms with Crippen LogP contribution in [0.2, 0.25) is 0 Å². The van der Waals surface area contributed by atoms with E-state index in [0.29, 0.717) is 11.8 Å². The topological polar surface area (TPSA) is 38.3 Å². The van der Waals surface area contributed by atoms with E-state index >= 15 is 0 Å². The van der Waals surface area contributed by atoms with Gasteiger partial charge in [-0.15, -0.1) is 0 Å². The lowest BCUT2D eigenvalue weighted by atomic mass is 9.67. The van der Waals surface area contributed by atoms with Gasteiger partial charge in [0, 0.05) is 5.54 Å². The van der Waals surface area contributed by atoms with E-state index in [9.17, 15) is 4.79 Å². The molecule has 0 bridgehead atoms. The zero-order valence-corrected chi connectivity index (χ0v) is 10.4. The van der Waals surface area contributed by atoms with Gasteiger partial charge in [-0.25, -0.2) is 0 Å². The second-order valence-electron chi connectivity index (χ2n) is 5.48. The minimum atomic E-state index is -0.109. The Morgan fingerprint density at radius 3 is 2.53 bits per heavy atom. The minimum Gasteiger partial charge on any atom is -0.469 e. The second-order valence-corrected chi connectivity index (χ2v) is 5.48. The highest BCUT2D eigenvalue weighted by Gasteiger charge is 2.40. The van der Waals surface area contributed by atoms with E-state index in [4.69, 9.17) is 4.74 Å². The summed E-state index contributed by atoms with van der Waals surface area (Å²) in [4.78, 5) is 11.4. The monoisotopic (exact) mass is 213 g/mol. The van der Waals surface area contributed by atoms with Gasteiger partial charge in [0.15, 0.2) is 0 Å². The Morgan fingerprint density at radius 2 is 2.07 bits per heavy atom. The molecule has 1 aliphatic rings. The van der Waals surface area contributed by atoms with Crippen LogP contribution in [0.5, 0.6) is 0 Å². The van der Waals surface area contributed by atoms with Crippen LogP contribution < -0.4 is 5.32 Å². The van der Waals surface area contributed by atoms with Gasteiger partial charge in [0.25, 0.3) is 0 Å². The highest BCUT2D eigenvalue weighted by atomic mass is 16.5. The maximum absolute atomic E-state index is 11.4. The number of rotatable bonds is 3. The van der Waals surface area contributed by atoms with Gasteiger partial charge in [-0.3, -0.25) is 4.79 Å². The van der Waals surface area contributed by atoms with Crippen LogP contribution in [0, 0.1) is 5.41 Å². The summed E-state index contributed by atoms with van der Waals surface area (Å²) in [5, 5.41) is 3.34. The summed E-state index contributed by atoms with van der Waals surface area (Å²) in [6, 6.07) is 0. The fourth-order valence-corrected chi connectivity index (χ4v) is 2.80. The Kier molecular flexibility index (Phi) is 3.77. The summed E-state index contributed by atoms with van der Waals surface area (Å²) in [5.41, 5.74) is 0.282. The lowest BCUT2D eigenvalue weighted by Gasteiger charge is -2.44. The SMILES string of the molecule is CNC1(CC(=O)OC)CCCC(C)(C)C1. The summed E-state index contributed by atoms with van der Waals surface area (Å²) in [7, 11) is 3.41. The standard InChI is InChI=1S/C12H23NO2/c1-11(2)6-5-7-12(9-11,13-3)8-10(14)15-4/h13H,5-9H2,1-4H3. The lowest BCUT2D eigenvalue weighted by Crippen LogP contribution is -2.50. The molecule has 0 aromatic rings. The highest BCUT2D eigenvalue weighted by Crippen LogP contribution is 2.42. The molecule has 0 radical (unpaired) electrons. The molecule has 0 aromatic heterocycles. The van der Waals surface area contributed by atoms with Gasteiger partial charge < -0.3 is 10.1 Å². The van der Waals surface area contributed by atoms with Crippen molar-refractivity contribution in [1.82, 2.24) is 5.32 Å². The first-order valence-corrected chi connectivity index (χ1v) is 5.69. The summed E-state index contributed by atoms with van der Waals surface area (Å²) in [6.07, 6.45) is 5.04. The van der Waals surface area contributed by atoms with Crippen molar-refractivity contribution in [2.24, 2.45) is 5.41 Å². The molecule has 0 aliphatic heterocycles. The predicted octanol–water partition coefficient (Wildman–Crippen LogP) is 2.11. The van der Waals surface area contributed by atoms with Crippen molar-refractivity contribution >= 4 is 5.97 Å². The van der Waals surface area contributed by atoms with Crippen LogP contribution in [0.3, 0.4) is 0 Å². The van der Waals surface area contributed by atoms with Crippen LogP contribution in [-0.2, 0) is 9.53 Å². The van der Waals surface area contributed by atoms with E-state index in [1.165, 1.54) is 20.0 Å². The first-order chi connectivity index (χ1) is 6.93. The first kappa shape index (κ1) is 12.5. The van der Waals surface area contributed by atoms with E-state index in [1.54, 1.807) is 0 Å². The van der Waals surface area contributed by atoms with Gasteiger partial charge in [-0.1, -0.05) is 20.3 Å². The zero-order valence-electron chi connectivity index (χ0n) is 10.4. The molecule has 1 N–H and O–H groups in total. The molecular weight excluding hydrogens is 190 g/mol. The maximum Gasteiger partial charge on any atom is 0.307 e. The predicted molar refractivity (Wildman–Crippen MR) is 60.7 cm³/mol. The molecular formula is C12H23NO2. The maximum atomic E-state index is 11.4. The molecule has 3 heteroatoms. The Balaban J connectivity index is 2.71. The number of carbonyl (C=O) groups is 1. The smallest absolute Gasteiger partial charge is 0.307 e. The van der Waals surface area contributed by atoms with Crippen molar-refractivity contribution in [3.05, 3.63) is 0 Å². The van der Waals surface area contributed by atoms with Crippen molar-refractivity contribution in [2.75, 3.05) is 14.2 Å². The van der Waals surface area contributed by atoms with Crippen LogP contribution >= 0.6 is 0 Å². The van der Waals surface area contributed by atoms with Crippen LogP contribution in [0.15, 0.2) is 0 Å². The van der Waals surface area contributed by atoms with Crippen molar-refractivity contribution in [1.29, 1.82) is 0 Å². The third-order valence-corrected chi connectivity index (χ3v) is 3.57. The van der Waals surface area contributed by atoms with Gasteiger partial charge in [-0.05, 0) is 31.7 Å². The van der Waals surface area contributed by atoms with Crippen LogP contribution in [-0.4, -0.2) is 25.7 Å². The van der Waals surface area contributed by atoms with Crippen molar-refractivity contribution in [3.63, 3.8) is 0 Å². The molecule has 1 unspecified atom stereocenters. The number of nitrogens with one attached hydrogen (secondary N) is 1. The van der Waals surface area contributed by atoms with Gasteiger partial charge in [0.2, 0.25) is 0 Å². The molecule has 1 aliphatic carbocycles. The second kappa shape index (κ2) is 4.52. The lowest BCUT2D eigenvalue weighted by molar-refractivity contribution is -0.143. The molecule has 1 rings (SSSR count). The summed E-state index contributed by atoms with van der Waals surface area (Å²) in [5.74, 6) is -0.109. The van der Waals surface area contributed by atoms with Gasteiger partial charge in [0.05, 0.1) is 13.5 Å². The molecule has 3 nitrogen and oxygen atoms in total. The van der Waals surface area contributed by atoms with E-state index in [2.05, 4.69) is 19.2 Å². The van der Waals surface area contributed by atoms with Crippen molar-refractivity contribution < 1.29 is 9.53 Å². The van der Waals surface area contributed by atoms with Gasteiger partial charge in [0.1, 0.15) is 0 Å². The van der Waals surface area contributed by atoms with Crippen molar-refractivity contribution in [2.45, 2.75) is 51.5 Å². The average Bonchev–Trinajstić information content (AvgIpc) is 2.16. The minimum absolute atomic E-state index is 0.0468. The van der Waals surface area contributed by atoms with Crippen LogP contribution in [0.1, 0.15) is 46.0 Å². The third-order valence-electron chi connectivity index (χ3n) is 3.57. The number of hydrogen-bond acceptors (Lipinski definition) is 3. The number of ether oxygens (including phenoxy) is 1. The number of hydrogen-bond donors (Lipinski definition) is 1. The van der Waals surface area contributed by atoms with Gasteiger partial charge >= 0.3 is 5.97 Å². The fraction of sp³-hybridized carbons (Fsp3) is 0.917. The average molecular weight is 213 g/mol. The van der Waals surface area contributed by atoms with E-state index in [0.717, 1.165) is 12.8 Å². The Labute approximate surface area is 92.6 Å². The molecule has 0 heterocycles. The molecule has 1 saturated carbocycles. The Morgan fingerprint density at radius 1 is 1.40 bits per heavy atom. The van der Waals surface area contributed by atoms with Crippen LogP contribution in [0.4, 0.5) is 0 Å². The normalized spacial score (nSPS) is 29.9. The Hall–Kier alpha value is -0.570. The first-order valence-electron chi connectivity index (χ1n) is 5.69. The largest absolute Gasteiger partial charge is 0.469 e. The van der Waals surface area contributed by atoms with E-state index in [1.807, 2.05) is 7.05 Å². The number of methoxy groups -OCH3 is 1. The van der Waals surface area contributed by atoms with Crippen molar-refractivity contribution in [3.8, 4) is 0 Å². The molecule has 1 atom stereocenters. The Bertz CT molecular complexity index is 238. The third kappa shape index (κ3) is 3.20. The molecule has 1 fully saturated rings. The number of carbonyl (C=O) groups excluding carboxylic acids is 1. The number of esters is 1. The molecule has 0 saturated heterocycles. The molecule has 88 valence electrons. The molecule has 15 heavy (non-hydrogen) atoms. The summed E-state index contributed by atoms with van der Waals surface area (Å²) < 4.78 is 4.77. The van der Waals surface area contributed by atoms with E-state index < -0.39 is 0 Å². The van der Waals surface area contributed by atoms with E-state index in [-0.39, 0.29) is 11.5 Å². The molecule has 0 aromatic carbocycles. The zero-order chi connectivity index (χ0) is 11.5. The molecule has 0 spiro atoms.